The van der Waals surface area contributed by atoms with E-state index in [0.29, 0.717) is 12.2 Å². The Bertz CT molecular complexity index is 477. The van der Waals surface area contributed by atoms with E-state index in [-0.39, 0.29) is 0 Å². The normalized spacial score (nSPS) is 10.2. The minimum absolute atomic E-state index is 0.419. The Morgan fingerprint density at radius 1 is 1.42 bits per heavy atom. The molecule has 0 heterocycles. The van der Waals surface area contributed by atoms with Crippen LogP contribution in [-0.2, 0) is 14.4 Å². The summed E-state index contributed by atoms with van der Waals surface area (Å²) in [7, 11) is 0. The molecule has 0 aliphatic heterocycles. The number of carbonyl (C=O) groups excluding carboxylic acids is 2. The van der Waals surface area contributed by atoms with Crippen LogP contribution in [0.2, 0.25) is 0 Å². The van der Waals surface area contributed by atoms with Crippen molar-refractivity contribution < 1.29 is 19.2 Å². The number of hydrazine groups is 1. The van der Waals surface area contributed by atoms with Crippen LogP contribution in [0.3, 0.4) is 0 Å². The molecule has 0 saturated carbocycles. The molecule has 1 aromatic carbocycles. The first-order valence-electron chi connectivity index (χ1n) is 5.43. The maximum atomic E-state index is 11.6. The predicted molar refractivity (Wildman–Crippen MR) is 71.6 cm³/mol. The van der Waals surface area contributed by atoms with Crippen LogP contribution in [0.25, 0.3) is 0 Å². The third-order valence-corrected chi connectivity index (χ3v) is 2.36. The van der Waals surface area contributed by atoms with E-state index in [1.807, 2.05) is 0 Å². The van der Waals surface area contributed by atoms with Gasteiger partial charge in [0.15, 0.2) is 0 Å². The maximum Gasteiger partial charge on any atom is 0.354 e. The van der Waals surface area contributed by atoms with E-state index in [1.165, 1.54) is 6.26 Å². The van der Waals surface area contributed by atoms with Crippen LogP contribution in [0.15, 0.2) is 41.1 Å². The van der Waals surface area contributed by atoms with Gasteiger partial charge in [-0.15, -0.1) is 0 Å². The molecule has 0 aliphatic carbocycles. The lowest BCUT2D eigenvalue weighted by molar-refractivity contribution is -0.146. The number of halogens is 1. The number of ether oxygens (including phenoxy) is 1. The van der Waals surface area contributed by atoms with E-state index >= 15 is 0 Å². The molecule has 0 atom stereocenters. The lowest BCUT2D eigenvalue weighted by Crippen LogP contribution is -2.38. The van der Waals surface area contributed by atoms with Gasteiger partial charge in [0.2, 0.25) is 0 Å². The zero-order valence-corrected chi connectivity index (χ0v) is 11.8. The Labute approximate surface area is 118 Å². The topological polar surface area (TPSA) is 76.7 Å². The Kier molecular flexibility index (Phi) is 6.62. The van der Waals surface area contributed by atoms with E-state index in [0.717, 1.165) is 10.5 Å². The van der Waals surface area contributed by atoms with Crippen molar-refractivity contribution >= 4 is 27.8 Å². The van der Waals surface area contributed by atoms with E-state index < -0.39 is 11.9 Å². The molecule has 6 nitrogen and oxygen atoms in total. The molecular formula is C12H13BrN2O4. The molecule has 0 aromatic heterocycles. The molecule has 7 heteroatoms. The van der Waals surface area contributed by atoms with Crippen molar-refractivity contribution in [2.24, 2.45) is 0 Å². The highest BCUT2D eigenvalue weighted by Gasteiger charge is 2.05. The largest absolute Gasteiger partial charge is 0.501 e. The smallest absolute Gasteiger partial charge is 0.354 e. The van der Waals surface area contributed by atoms with Crippen molar-refractivity contribution in [3.8, 4) is 0 Å². The second-order valence-electron chi connectivity index (χ2n) is 3.25. The minimum Gasteiger partial charge on any atom is -0.501 e. The summed E-state index contributed by atoms with van der Waals surface area (Å²) in [5.41, 5.74) is 4.70. The molecule has 1 rings (SSSR count). The van der Waals surface area contributed by atoms with Crippen LogP contribution in [0.1, 0.15) is 17.3 Å². The molecule has 2 N–H and O–H groups in total. The van der Waals surface area contributed by atoms with Crippen molar-refractivity contribution in [3.63, 3.8) is 0 Å². The van der Waals surface area contributed by atoms with Gasteiger partial charge in [-0.25, -0.2) is 4.79 Å². The number of hydrogen-bond donors (Lipinski definition) is 2. The van der Waals surface area contributed by atoms with E-state index in [9.17, 15) is 9.59 Å². The fourth-order valence-corrected chi connectivity index (χ4v) is 1.46. The first-order valence-corrected chi connectivity index (χ1v) is 6.22. The van der Waals surface area contributed by atoms with E-state index in [1.54, 1.807) is 31.2 Å². The Balaban J connectivity index is 2.33. The van der Waals surface area contributed by atoms with Crippen molar-refractivity contribution in [3.05, 3.63) is 46.6 Å². The summed E-state index contributed by atoms with van der Waals surface area (Å²) in [5.74, 6) is -1.12. The average molecular weight is 329 g/mol. The van der Waals surface area contributed by atoms with Crippen LogP contribution in [0.4, 0.5) is 0 Å². The monoisotopic (exact) mass is 328 g/mol. The molecule has 0 saturated heterocycles. The van der Waals surface area contributed by atoms with Crippen molar-refractivity contribution in [2.45, 2.75) is 6.92 Å². The zero-order valence-electron chi connectivity index (χ0n) is 10.2. The highest BCUT2D eigenvalue weighted by atomic mass is 79.9. The van der Waals surface area contributed by atoms with Gasteiger partial charge in [-0.2, -0.15) is 0 Å². The summed E-state index contributed by atoms with van der Waals surface area (Å²) in [6.07, 6.45) is 2.29. The summed E-state index contributed by atoms with van der Waals surface area (Å²) in [5, 5.41) is 0. The molecular weight excluding hydrogens is 316 g/mol. The zero-order chi connectivity index (χ0) is 14.1. The summed E-state index contributed by atoms with van der Waals surface area (Å²) < 4.78 is 5.59. The van der Waals surface area contributed by atoms with Crippen LogP contribution >= 0.6 is 15.9 Å². The summed E-state index contributed by atoms with van der Waals surface area (Å²) >= 11 is 3.25. The van der Waals surface area contributed by atoms with Crippen molar-refractivity contribution in [2.75, 3.05) is 6.61 Å². The molecule has 0 radical (unpaired) electrons. The summed E-state index contributed by atoms with van der Waals surface area (Å²) in [4.78, 5) is 27.2. The van der Waals surface area contributed by atoms with Gasteiger partial charge in [-0.05, 0) is 25.1 Å². The van der Waals surface area contributed by atoms with Gasteiger partial charge in [0, 0.05) is 10.0 Å². The Hall–Kier alpha value is -1.86. The molecule has 19 heavy (non-hydrogen) atoms. The van der Waals surface area contributed by atoms with Gasteiger partial charge in [-0.3, -0.25) is 10.2 Å². The molecule has 0 spiro atoms. The highest BCUT2D eigenvalue weighted by molar-refractivity contribution is 9.10. The predicted octanol–water partition coefficient (Wildman–Crippen LogP) is 1.69. The number of rotatable bonds is 6. The van der Waals surface area contributed by atoms with Gasteiger partial charge >= 0.3 is 5.97 Å². The standard InChI is InChI=1S/C12H13BrN2O4/c1-2-18-7-6-11(16)19-15-14-12(17)9-4-3-5-10(13)8-9/h3-8,15H,2H2,1H3,(H,14,17). The van der Waals surface area contributed by atoms with Crippen LogP contribution in [0, 0.1) is 0 Å². The number of nitrogens with one attached hydrogen (secondary N) is 2. The summed E-state index contributed by atoms with van der Waals surface area (Å²) in [6.45, 7) is 2.24. The van der Waals surface area contributed by atoms with E-state index in [2.05, 4.69) is 31.8 Å². The molecule has 1 aromatic rings. The lowest BCUT2D eigenvalue weighted by Gasteiger charge is -2.06. The molecule has 102 valence electrons. The number of amides is 1. The van der Waals surface area contributed by atoms with Crippen LogP contribution in [0.5, 0.6) is 0 Å². The Morgan fingerprint density at radius 3 is 2.89 bits per heavy atom. The fourth-order valence-electron chi connectivity index (χ4n) is 1.06. The fraction of sp³-hybridized carbons (Fsp3) is 0.167. The number of benzene rings is 1. The molecule has 0 bridgehead atoms. The summed E-state index contributed by atoms with van der Waals surface area (Å²) in [6, 6.07) is 6.77. The van der Waals surface area contributed by atoms with Gasteiger partial charge in [0.05, 0.1) is 18.9 Å². The molecule has 1 amide bonds. The average Bonchev–Trinajstić information content (AvgIpc) is 2.39. The third-order valence-electron chi connectivity index (χ3n) is 1.87. The minimum atomic E-state index is -0.692. The van der Waals surface area contributed by atoms with Gasteiger partial charge in [0.1, 0.15) is 0 Å². The highest BCUT2D eigenvalue weighted by Crippen LogP contribution is 2.11. The first-order chi connectivity index (χ1) is 9.13. The first kappa shape index (κ1) is 15.2. The molecule has 0 aliphatic rings. The SMILES string of the molecule is CCOC=CC(=O)ONNC(=O)c1cccc(Br)c1. The second kappa shape index (κ2) is 8.28. The van der Waals surface area contributed by atoms with Crippen LogP contribution < -0.4 is 11.0 Å². The van der Waals surface area contributed by atoms with Crippen molar-refractivity contribution in [1.82, 2.24) is 11.0 Å². The Morgan fingerprint density at radius 2 is 2.21 bits per heavy atom. The van der Waals surface area contributed by atoms with Gasteiger partial charge in [0.25, 0.3) is 5.91 Å². The number of carbonyl (C=O) groups is 2. The third kappa shape index (κ3) is 6.03. The van der Waals surface area contributed by atoms with Gasteiger partial charge in [-0.1, -0.05) is 27.6 Å². The molecule has 0 unspecified atom stereocenters. The number of hydrogen-bond acceptors (Lipinski definition) is 5. The quantitative estimate of drug-likeness (QED) is 0.472. The van der Waals surface area contributed by atoms with Crippen LogP contribution in [-0.4, -0.2) is 18.5 Å². The van der Waals surface area contributed by atoms with Crippen molar-refractivity contribution in [1.29, 1.82) is 0 Å². The van der Waals surface area contributed by atoms with E-state index in [4.69, 9.17) is 4.74 Å². The lowest BCUT2D eigenvalue weighted by atomic mass is 10.2. The van der Waals surface area contributed by atoms with Gasteiger partial charge < -0.3 is 9.57 Å². The maximum absolute atomic E-state index is 11.6. The second-order valence-corrected chi connectivity index (χ2v) is 4.16. The molecule has 0 fully saturated rings.